The van der Waals surface area contributed by atoms with Gasteiger partial charge in [-0.1, -0.05) is 0 Å². The number of ether oxygens (including phenoxy) is 1. The third kappa shape index (κ3) is 3.26. The highest BCUT2D eigenvalue weighted by molar-refractivity contribution is 6.05. The second-order valence-electron chi connectivity index (χ2n) is 6.93. The first-order valence-electron chi connectivity index (χ1n) is 9.05. The Balaban J connectivity index is 1.45. The van der Waals surface area contributed by atoms with Gasteiger partial charge in [-0.05, 0) is 26.1 Å². The molecule has 10 nitrogen and oxygen atoms in total. The summed E-state index contributed by atoms with van der Waals surface area (Å²) in [5.41, 5.74) is 0.569. The lowest BCUT2D eigenvalue weighted by Crippen LogP contribution is -2.50. The molecule has 28 heavy (non-hydrogen) atoms. The van der Waals surface area contributed by atoms with Crippen LogP contribution in [0, 0.1) is 0 Å². The number of nitrogens with one attached hydrogen (secondary N) is 1. The van der Waals surface area contributed by atoms with Crippen LogP contribution in [0.2, 0.25) is 0 Å². The summed E-state index contributed by atoms with van der Waals surface area (Å²) in [5.74, 6) is -0.225. The smallest absolute Gasteiger partial charge is 0.411 e. The van der Waals surface area contributed by atoms with Crippen LogP contribution in [0.3, 0.4) is 0 Å². The quantitative estimate of drug-likeness (QED) is 0.787. The highest BCUT2D eigenvalue weighted by atomic mass is 16.6. The molecule has 4 amide bonds. The van der Waals surface area contributed by atoms with Crippen molar-refractivity contribution in [2.24, 2.45) is 0 Å². The highest BCUT2D eigenvalue weighted by Gasteiger charge is 2.44. The summed E-state index contributed by atoms with van der Waals surface area (Å²) in [6, 6.07) is 1.74. The van der Waals surface area contributed by atoms with Crippen molar-refractivity contribution in [3.05, 3.63) is 30.3 Å². The first-order valence-corrected chi connectivity index (χ1v) is 9.05. The predicted octanol–water partition coefficient (Wildman–Crippen LogP) is 1.15. The maximum absolute atomic E-state index is 12.8. The summed E-state index contributed by atoms with van der Waals surface area (Å²) in [7, 11) is 1.98. The van der Waals surface area contributed by atoms with E-state index in [1.165, 1.54) is 6.92 Å². The van der Waals surface area contributed by atoms with Crippen molar-refractivity contribution in [3.63, 3.8) is 0 Å². The lowest BCUT2D eigenvalue weighted by molar-refractivity contribution is -0.134. The molecule has 2 saturated heterocycles. The Morgan fingerprint density at radius 3 is 2.79 bits per heavy atom. The molecule has 2 aliphatic rings. The van der Waals surface area contributed by atoms with Crippen molar-refractivity contribution >= 4 is 29.0 Å². The zero-order valence-corrected chi connectivity index (χ0v) is 15.6. The molecule has 4 rings (SSSR count). The van der Waals surface area contributed by atoms with Gasteiger partial charge >= 0.3 is 12.1 Å². The summed E-state index contributed by atoms with van der Waals surface area (Å²) < 4.78 is 11.0. The highest BCUT2D eigenvalue weighted by Crippen LogP contribution is 2.28. The number of rotatable bonds is 3. The van der Waals surface area contributed by atoms with Crippen molar-refractivity contribution in [2.45, 2.75) is 19.2 Å². The molecule has 2 fully saturated rings. The molecule has 0 bridgehead atoms. The van der Waals surface area contributed by atoms with Crippen LogP contribution >= 0.6 is 0 Å². The van der Waals surface area contributed by atoms with Crippen molar-refractivity contribution in [1.29, 1.82) is 0 Å². The lowest BCUT2D eigenvalue weighted by atomic mass is 10.2. The van der Waals surface area contributed by atoms with Gasteiger partial charge in [0.25, 0.3) is 5.91 Å². The number of imide groups is 1. The number of furan rings is 1. The van der Waals surface area contributed by atoms with Gasteiger partial charge in [0.15, 0.2) is 12.3 Å². The molecule has 10 heteroatoms. The summed E-state index contributed by atoms with van der Waals surface area (Å²) in [6.45, 7) is 4.07. The fourth-order valence-electron chi connectivity index (χ4n) is 3.34. The number of hydrogen-bond donors (Lipinski definition) is 1. The van der Waals surface area contributed by atoms with Gasteiger partial charge in [0.05, 0.1) is 0 Å². The van der Waals surface area contributed by atoms with Crippen molar-refractivity contribution in [3.8, 4) is 0 Å². The molecule has 1 unspecified atom stereocenters. The van der Waals surface area contributed by atoms with Gasteiger partial charge in [-0.25, -0.2) is 14.5 Å². The van der Waals surface area contributed by atoms with Crippen LogP contribution in [-0.2, 0) is 9.53 Å². The van der Waals surface area contributed by atoms with E-state index < -0.39 is 30.3 Å². The van der Waals surface area contributed by atoms with Crippen molar-refractivity contribution in [1.82, 2.24) is 25.0 Å². The molecule has 0 saturated carbocycles. The number of amides is 4. The molecule has 1 N–H and O–H groups in total. The summed E-state index contributed by atoms with van der Waals surface area (Å²) in [4.78, 5) is 46.1. The Bertz CT molecular complexity index is 887. The molecular formula is C18H21N5O5. The number of hydrogen-bond acceptors (Lipinski definition) is 7. The lowest BCUT2D eigenvalue weighted by Gasteiger charge is -2.33. The van der Waals surface area contributed by atoms with E-state index in [9.17, 15) is 14.4 Å². The normalized spacial score (nSPS) is 21.9. The molecule has 0 spiro atoms. The monoisotopic (exact) mass is 387 g/mol. The van der Waals surface area contributed by atoms with Crippen LogP contribution < -0.4 is 5.32 Å². The van der Waals surface area contributed by atoms with Crippen molar-refractivity contribution < 1.29 is 23.5 Å². The summed E-state index contributed by atoms with van der Waals surface area (Å²) >= 11 is 0. The standard InChI is InChI=1S/C18H21N5O5/c1-11(27-18(26)22-7-5-21(2)6-8-22)23-16(24)15(20-17(23)25)14-9-12-10-19-4-3-13(12)28-14/h3-4,9-11,15H,5-8H2,1-2H3,(H,20,25)/t11?,15-/m0/s1. The number of nitrogens with zero attached hydrogens (tertiary/aromatic N) is 4. The zero-order chi connectivity index (χ0) is 19.8. The maximum atomic E-state index is 12.8. The molecule has 148 valence electrons. The first-order chi connectivity index (χ1) is 13.4. The average Bonchev–Trinajstić information content (AvgIpc) is 3.22. The van der Waals surface area contributed by atoms with Gasteiger partial charge in [-0.2, -0.15) is 0 Å². The average molecular weight is 387 g/mol. The largest absolute Gasteiger partial charge is 0.458 e. The van der Waals surface area contributed by atoms with E-state index in [4.69, 9.17) is 9.15 Å². The van der Waals surface area contributed by atoms with Crippen LogP contribution in [-0.4, -0.2) is 77.2 Å². The minimum atomic E-state index is -1.03. The minimum Gasteiger partial charge on any atom is -0.458 e. The summed E-state index contributed by atoms with van der Waals surface area (Å²) in [5, 5.41) is 3.31. The van der Waals surface area contributed by atoms with Crippen LogP contribution in [0.25, 0.3) is 11.0 Å². The Morgan fingerprint density at radius 1 is 1.32 bits per heavy atom. The molecule has 2 aromatic heterocycles. The Labute approximate surface area is 161 Å². The van der Waals surface area contributed by atoms with E-state index in [0.717, 1.165) is 23.4 Å². The first kappa shape index (κ1) is 18.2. The van der Waals surface area contributed by atoms with Crippen LogP contribution in [0.4, 0.5) is 9.59 Å². The summed E-state index contributed by atoms with van der Waals surface area (Å²) in [6.07, 6.45) is 1.62. The third-order valence-electron chi connectivity index (χ3n) is 4.99. The molecule has 0 aliphatic carbocycles. The Hall–Kier alpha value is -3.14. The molecule has 2 aromatic rings. The molecule has 0 radical (unpaired) electrons. The number of piperazine rings is 1. The maximum Gasteiger partial charge on any atom is 0.411 e. The number of fused-ring (bicyclic) bond motifs is 1. The second-order valence-corrected chi connectivity index (χ2v) is 6.93. The molecule has 2 atom stereocenters. The van der Waals surface area contributed by atoms with Gasteiger partial charge in [-0.3, -0.25) is 9.78 Å². The van der Waals surface area contributed by atoms with E-state index in [1.54, 1.807) is 29.4 Å². The van der Waals surface area contributed by atoms with Gasteiger partial charge in [0.1, 0.15) is 11.3 Å². The Kier molecular flexibility index (Phi) is 4.63. The molecule has 2 aliphatic heterocycles. The van der Waals surface area contributed by atoms with Gasteiger partial charge in [0, 0.05) is 44.0 Å². The number of likely N-dealkylation sites (N-methyl/N-ethyl adjacent to an activating group) is 1. The zero-order valence-electron chi connectivity index (χ0n) is 15.6. The predicted molar refractivity (Wildman–Crippen MR) is 97.1 cm³/mol. The second kappa shape index (κ2) is 7.12. The number of carbonyl (C=O) groups excluding carboxylic acids is 3. The fourth-order valence-corrected chi connectivity index (χ4v) is 3.34. The van der Waals surface area contributed by atoms with E-state index in [-0.39, 0.29) is 0 Å². The minimum absolute atomic E-state index is 0.307. The molecule has 0 aromatic carbocycles. The number of pyridine rings is 1. The Morgan fingerprint density at radius 2 is 2.07 bits per heavy atom. The van der Waals surface area contributed by atoms with E-state index in [2.05, 4.69) is 15.2 Å². The molecular weight excluding hydrogens is 366 g/mol. The van der Waals surface area contributed by atoms with Gasteiger partial charge in [0.2, 0.25) is 0 Å². The molecule has 4 heterocycles. The van der Waals surface area contributed by atoms with Gasteiger partial charge in [-0.15, -0.1) is 0 Å². The third-order valence-corrected chi connectivity index (χ3v) is 4.99. The van der Waals surface area contributed by atoms with E-state index >= 15 is 0 Å². The number of urea groups is 1. The fraction of sp³-hybridized carbons (Fsp3) is 0.444. The van der Waals surface area contributed by atoms with Crippen LogP contribution in [0.5, 0.6) is 0 Å². The number of carbonyl (C=O) groups is 3. The topological polar surface area (TPSA) is 108 Å². The van der Waals surface area contributed by atoms with Gasteiger partial charge < -0.3 is 24.3 Å². The van der Waals surface area contributed by atoms with Crippen molar-refractivity contribution in [2.75, 3.05) is 33.2 Å². The van der Waals surface area contributed by atoms with Crippen LogP contribution in [0.1, 0.15) is 18.7 Å². The SMILES string of the molecule is CC(OC(=O)N1CCN(C)CC1)N1C(=O)N[C@@H](c2cc3cnccc3o2)C1=O. The van der Waals surface area contributed by atoms with E-state index in [0.29, 0.717) is 24.4 Å². The van der Waals surface area contributed by atoms with Crippen LogP contribution in [0.15, 0.2) is 28.9 Å². The number of aromatic nitrogens is 1. The van der Waals surface area contributed by atoms with E-state index in [1.807, 2.05) is 7.05 Å².